The molecule has 0 amide bonds. The molecule has 0 spiro atoms. The standard InChI is InChI=1S/C30H35ClN2O3S3/c1-5-32-24-13-20(2)7-9-26(24)37-28(32)15-21-14-22(19-30(3,4)18-21)16-29-33(11-6-12-39(34,35)36)25-17-23(31)8-10-27(25)38-29/h7-10,13-17,28H,5-6,11-12,18-19H2,1-4H3,(H,34,35,36). The first-order chi connectivity index (χ1) is 18.4. The lowest BCUT2D eigenvalue weighted by Gasteiger charge is -2.32. The molecule has 0 saturated carbocycles. The summed E-state index contributed by atoms with van der Waals surface area (Å²) in [4.78, 5) is 7.05. The Balaban J connectivity index is 1.45. The molecule has 1 aliphatic carbocycles. The number of hydrogen-bond donors (Lipinski definition) is 1. The van der Waals surface area contributed by atoms with E-state index in [0.29, 0.717) is 18.0 Å². The van der Waals surface area contributed by atoms with Crippen molar-refractivity contribution in [2.75, 3.05) is 28.6 Å². The molecule has 0 aromatic heterocycles. The first-order valence-corrected chi connectivity index (χ1v) is 17.0. The number of thioether (sulfide) groups is 2. The normalized spacial score (nSPS) is 22.4. The third kappa shape index (κ3) is 6.73. The number of benzene rings is 2. The Kier molecular flexibility index (Phi) is 8.24. The van der Waals surface area contributed by atoms with Crippen LogP contribution < -0.4 is 9.80 Å². The first-order valence-electron chi connectivity index (χ1n) is 13.3. The van der Waals surface area contributed by atoms with E-state index in [1.165, 1.54) is 27.3 Å². The van der Waals surface area contributed by atoms with Crippen molar-refractivity contribution < 1.29 is 13.0 Å². The highest BCUT2D eigenvalue weighted by Crippen LogP contribution is 2.49. The van der Waals surface area contributed by atoms with Gasteiger partial charge in [-0.2, -0.15) is 8.42 Å². The van der Waals surface area contributed by atoms with Crippen LogP contribution in [0.5, 0.6) is 0 Å². The van der Waals surface area contributed by atoms with Crippen molar-refractivity contribution in [3.63, 3.8) is 0 Å². The summed E-state index contributed by atoms with van der Waals surface area (Å²) in [5.74, 6) is -0.269. The molecule has 1 unspecified atom stereocenters. The number of aryl methyl sites for hydroxylation is 1. The van der Waals surface area contributed by atoms with Gasteiger partial charge in [-0.05, 0) is 97.7 Å². The summed E-state index contributed by atoms with van der Waals surface area (Å²) in [5.41, 5.74) is 6.32. The Morgan fingerprint density at radius 3 is 2.64 bits per heavy atom. The SMILES string of the molecule is CCN1c2cc(C)ccc2SC1C=C1C=C(C=C2Sc3ccc(Cl)cc3N2CCCS(=O)(=O)O)CC(C)(C)C1. The Hall–Kier alpha value is -1.84. The molecular weight excluding hydrogens is 568 g/mol. The van der Waals surface area contributed by atoms with E-state index < -0.39 is 10.1 Å². The smallest absolute Gasteiger partial charge is 0.264 e. The molecule has 5 nitrogen and oxygen atoms in total. The molecule has 1 atom stereocenters. The van der Waals surface area contributed by atoms with Gasteiger partial charge >= 0.3 is 0 Å². The molecule has 2 aliphatic heterocycles. The van der Waals surface area contributed by atoms with Crippen molar-refractivity contribution in [1.29, 1.82) is 0 Å². The van der Waals surface area contributed by atoms with Crippen molar-refractivity contribution in [1.82, 2.24) is 0 Å². The van der Waals surface area contributed by atoms with Crippen LogP contribution in [0.1, 0.15) is 45.6 Å². The van der Waals surface area contributed by atoms with Gasteiger partial charge < -0.3 is 9.80 Å². The zero-order valence-electron chi connectivity index (χ0n) is 22.8. The van der Waals surface area contributed by atoms with Crippen LogP contribution in [-0.4, -0.2) is 37.2 Å². The van der Waals surface area contributed by atoms with E-state index in [4.69, 9.17) is 11.6 Å². The second-order valence-electron chi connectivity index (χ2n) is 11.2. The minimum Gasteiger partial charge on any atom is -0.355 e. The fraction of sp³-hybridized carbons (Fsp3) is 0.400. The maximum absolute atomic E-state index is 11.4. The van der Waals surface area contributed by atoms with E-state index in [9.17, 15) is 13.0 Å². The molecule has 0 radical (unpaired) electrons. The minimum atomic E-state index is -4.01. The van der Waals surface area contributed by atoms with Gasteiger partial charge in [0, 0.05) is 27.9 Å². The van der Waals surface area contributed by atoms with E-state index >= 15 is 0 Å². The van der Waals surface area contributed by atoms with Crippen LogP contribution in [0.3, 0.4) is 0 Å². The highest BCUT2D eigenvalue weighted by Gasteiger charge is 2.32. The summed E-state index contributed by atoms with van der Waals surface area (Å²) in [5, 5.41) is 1.97. The molecule has 0 saturated heterocycles. The average Bonchev–Trinajstić information content (AvgIpc) is 3.33. The van der Waals surface area contributed by atoms with E-state index in [-0.39, 0.29) is 16.5 Å². The average molecular weight is 603 g/mol. The van der Waals surface area contributed by atoms with Crippen LogP contribution >= 0.6 is 35.1 Å². The van der Waals surface area contributed by atoms with Gasteiger partial charge in [-0.3, -0.25) is 4.55 Å². The molecule has 0 fully saturated rings. The van der Waals surface area contributed by atoms with E-state index in [2.05, 4.69) is 73.9 Å². The molecule has 39 heavy (non-hydrogen) atoms. The van der Waals surface area contributed by atoms with Gasteiger partial charge in [0.1, 0.15) is 0 Å². The number of rotatable bonds is 7. The van der Waals surface area contributed by atoms with Gasteiger partial charge in [0.2, 0.25) is 0 Å². The predicted molar refractivity (Wildman–Crippen MR) is 167 cm³/mol. The topological polar surface area (TPSA) is 60.9 Å². The highest BCUT2D eigenvalue weighted by molar-refractivity contribution is 8.03. The summed E-state index contributed by atoms with van der Waals surface area (Å²) in [6.45, 7) is 10.5. The quantitative estimate of drug-likeness (QED) is 0.320. The summed E-state index contributed by atoms with van der Waals surface area (Å²) in [6, 6.07) is 12.5. The molecule has 0 bridgehead atoms. The summed E-state index contributed by atoms with van der Waals surface area (Å²) >= 11 is 9.92. The van der Waals surface area contributed by atoms with Gasteiger partial charge in [-0.25, -0.2) is 0 Å². The van der Waals surface area contributed by atoms with Crippen LogP contribution in [-0.2, 0) is 10.1 Å². The Labute approximate surface area is 246 Å². The lowest BCUT2D eigenvalue weighted by atomic mass is 9.75. The van der Waals surface area contributed by atoms with Gasteiger partial charge in [0.05, 0.1) is 27.5 Å². The van der Waals surface area contributed by atoms with Crippen molar-refractivity contribution in [2.45, 2.75) is 62.1 Å². The second-order valence-corrected chi connectivity index (χ2v) is 15.5. The van der Waals surface area contributed by atoms with E-state index in [0.717, 1.165) is 35.0 Å². The minimum absolute atomic E-state index is 0.117. The zero-order chi connectivity index (χ0) is 27.9. The lowest BCUT2D eigenvalue weighted by molar-refractivity contribution is 0.354. The zero-order valence-corrected chi connectivity index (χ0v) is 26.0. The Morgan fingerprint density at radius 2 is 1.90 bits per heavy atom. The monoisotopic (exact) mass is 602 g/mol. The third-order valence-corrected chi connectivity index (χ3v) is 10.6. The van der Waals surface area contributed by atoms with Gasteiger partial charge in [-0.15, -0.1) is 0 Å². The Morgan fingerprint density at radius 1 is 1.13 bits per heavy atom. The third-order valence-electron chi connectivity index (χ3n) is 7.20. The number of allylic oxidation sites excluding steroid dienone is 4. The van der Waals surface area contributed by atoms with E-state index in [1.54, 1.807) is 11.8 Å². The van der Waals surface area contributed by atoms with Crippen LogP contribution in [0, 0.1) is 12.3 Å². The molecule has 2 aromatic rings. The van der Waals surface area contributed by atoms with Crippen molar-refractivity contribution in [2.24, 2.45) is 5.41 Å². The molecular formula is C30H35ClN2O3S3. The maximum atomic E-state index is 11.4. The first kappa shape index (κ1) is 28.7. The van der Waals surface area contributed by atoms with Crippen molar-refractivity contribution in [3.8, 4) is 0 Å². The molecule has 2 heterocycles. The molecule has 3 aliphatic rings. The van der Waals surface area contributed by atoms with Gasteiger partial charge in [0.25, 0.3) is 10.1 Å². The second kappa shape index (κ2) is 11.2. The van der Waals surface area contributed by atoms with Crippen LogP contribution in [0.15, 0.2) is 80.6 Å². The number of anilines is 2. The maximum Gasteiger partial charge on any atom is 0.264 e. The summed E-state index contributed by atoms with van der Waals surface area (Å²) in [6.07, 6.45) is 9.32. The molecule has 1 N–H and O–H groups in total. The Bertz CT molecular complexity index is 1480. The summed E-state index contributed by atoms with van der Waals surface area (Å²) < 4.78 is 32.0. The number of hydrogen-bond acceptors (Lipinski definition) is 6. The number of halogens is 1. The predicted octanol–water partition coefficient (Wildman–Crippen LogP) is 8.31. The van der Waals surface area contributed by atoms with Gasteiger partial charge in [0.15, 0.2) is 0 Å². The number of fused-ring (bicyclic) bond motifs is 2. The van der Waals surface area contributed by atoms with Crippen molar-refractivity contribution in [3.05, 3.63) is 81.4 Å². The van der Waals surface area contributed by atoms with Crippen molar-refractivity contribution >= 4 is 56.6 Å². The largest absolute Gasteiger partial charge is 0.355 e. The van der Waals surface area contributed by atoms with Crippen LogP contribution in [0.2, 0.25) is 5.02 Å². The molecule has 2 aromatic carbocycles. The molecule has 208 valence electrons. The number of likely N-dealkylation sites (N-methyl/N-ethyl adjacent to an activating group) is 1. The fourth-order valence-corrected chi connectivity index (χ4v) is 8.77. The summed E-state index contributed by atoms with van der Waals surface area (Å²) in [7, 11) is -4.01. The number of nitrogens with zero attached hydrogens (tertiary/aromatic N) is 2. The highest BCUT2D eigenvalue weighted by atomic mass is 35.5. The van der Waals surface area contributed by atoms with E-state index in [1.807, 2.05) is 30.0 Å². The van der Waals surface area contributed by atoms with Crippen LogP contribution in [0.4, 0.5) is 11.4 Å². The van der Waals surface area contributed by atoms with Gasteiger partial charge in [-0.1, -0.05) is 61.1 Å². The lowest BCUT2D eigenvalue weighted by Crippen LogP contribution is -2.28. The molecule has 5 rings (SSSR count). The molecule has 9 heteroatoms. The fourth-order valence-electron chi connectivity index (χ4n) is 5.62. The van der Waals surface area contributed by atoms with Crippen LogP contribution in [0.25, 0.3) is 0 Å².